The van der Waals surface area contributed by atoms with Crippen molar-refractivity contribution in [3.63, 3.8) is 0 Å². The highest BCUT2D eigenvalue weighted by atomic mass is 19.2. The normalized spacial score (nSPS) is 18.5. The molecule has 0 aromatic heterocycles. The fourth-order valence-corrected chi connectivity index (χ4v) is 2.44. The third-order valence-corrected chi connectivity index (χ3v) is 3.39. The molecule has 0 amide bonds. The Bertz CT molecular complexity index is 413. The molecule has 1 atom stereocenters. The topological polar surface area (TPSA) is 35.5 Å². The summed E-state index contributed by atoms with van der Waals surface area (Å²) in [4.78, 5) is 2.04. The maximum atomic E-state index is 13.3. The first kappa shape index (κ1) is 14.3. The number of piperazine rings is 1. The summed E-state index contributed by atoms with van der Waals surface area (Å²) in [6.07, 6.45) is 0.366. The van der Waals surface area contributed by atoms with E-state index in [2.05, 4.69) is 5.32 Å². The van der Waals surface area contributed by atoms with Gasteiger partial charge < -0.3 is 10.4 Å². The SMILES string of the molecule is OCC[C@H](c1cc(F)c(F)c(F)c1)N1CCNCC1. The largest absolute Gasteiger partial charge is 0.396 e. The van der Waals surface area contributed by atoms with Crippen molar-refractivity contribution in [1.29, 1.82) is 0 Å². The van der Waals surface area contributed by atoms with Gasteiger partial charge in [-0.3, -0.25) is 4.90 Å². The molecule has 6 heteroatoms. The van der Waals surface area contributed by atoms with Gasteiger partial charge in [0.15, 0.2) is 17.5 Å². The van der Waals surface area contributed by atoms with E-state index < -0.39 is 17.5 Å². The number of aliphatic hydroxyl groups is 1. The van der Waals surface area contributed by atoms with Crippen LogP contribution in [0.5, 0.6) is 0 Å². The fourth-order valence-electron chi connectivity index (χ4n) is 2.44. The number of halogens is 3. The van der Waals surface area contributed by atoms with Gasteiger partial charge in [-0.25, -0.2) is 13.2 Å². The van der Waals surface area contributed by atoms with Crippen molar-refractivity contribution in [1.82, 2.24) is 10.2 Å². The molecule has 1 aliphatic heterocycles. The molecule has 0 radical (unpaired) electrons. The maximum Gasteiger partial charge on any atom is 0.194 e. The van der Waals surface area contributed by atoms with Crippen LogP contribution in [0.3, 0.4) is 0 Å². The first-order valence-electron chi connectivity index (χ1n) is 6.33. The standard InChI is InChI=1S/C13H17F3N2O/c14-10-7-9(8-11(15)13(10)16)12(1-6-19)18-4-2-17-3-5-18/h7-8,12,17,19H,1-6H2/t12-/m1/s1. The molecular formula is C13H17F3N2O. The predicted octanol–water partition coefficient (Wildman–Crippen LogP) is 1.43. The van der Waals surface area contributed by atoms with Crippen molar-refractivity contribution in [2.45, 2.75) is 12.5 Å². The number of benzene rings is 1. The smallest absolute Gasteiger partial charge is 0.194 e. The Morgan fingerprint density at radius 2 is 1.74 bits per heavy atom. The molecule has 0 saturated carbocycles. The summed E-state index contributed by atoms with van der Waals surface area (Å²) in [6, 6.07) is 1.73. The molecule has 1 saturated heterocycles. The van der Waals surface area contributed by atoms with Gasteiger partial charge in [0.25, 0.3) is 0 Å². The van der Waals surface area contributed by atoms with E-state index in [-0.39, 0.29) is 12.6 Å². The van der Waals surface area contributed by atoms with Crippen LogP contribution in [-0.4, -0.2) is 42.8 Å². The molecule has 1 fully saturated rings. The lowest BCUT2D eigenvalue weighted by molar-refractivity contribution is 0.140. The van der Waals surface area contributed by atoms with E-state index in [9.17, 15) is 13.2 Å². The molecular weight excluding hydrogens is 257 g/mol. The molecule has 1 heterocycles. The predicted molar refractivity (Wildman–Crippen MR) is 65.2 cm³/mol. The van der Waals surface area contributed by atoms with Crippen molar-refractivity contribution in [3.05, 3.63) is 35.1 Å². The number of rotatable bonds is 4. The van der Waals surface area contributed by atoms with Crippen LogP contribution in [0.15, 0.2) is 12.1 Å². The molecule has 19 heavy (non-hydrogen) atoms. The zero-order chi connectivity index (χ0) is 13.8. The molecule has 2 N–H and O–H groups in total. The van der Waals surface area contributed by atoms with Gasteiger partial charge in [0.2, 0.25) is 0 Å². The van der Waals surface area contributed by atoms with Gasteiger partial charge in [0.1, 0.15) is 0 Å². The summed E-state index contributed by atoms with van der Waals surface area (Å²) in [6.45, 7) is 2.94. The van der Waals surface area contributed by atoms with Gasteiger partial charge in [0, 0.05) is 38.8 Å². The van der Waals surface area contributed by atoms with Crippen LogP contribution in [0.25, 0.3) is 0 Å². The number of aliphatic hydroxyl groups excluding tert-OH is 1. The van der Waals surface area contributed by atoms with Crippen LogP contribution in [0, 0.1) is 17.5 Å². The van der Waals surface area contributed by atoms with Crippen molar-refractivity contribution >= 4 is 0 Å². The molecule has 2 rings (SSSR count). The highest BCUT2D eigenvalue weighted by Crippen LogP contribution is 2.27. The molecule has 106 valence electrons. The molecule has 0 unspecified atom stereocenters. The summed E-state index contributed by atoms with van der Waals surface area (Å²) in [5.41, 5.74) is 0.368. The van der Waals surface area contributed by atoms with Crippen LogP contribution < -0.4 is 5.32 Å². The first-order valence-corrected chi connectivity index (χ1v) is 6.33. The molecule has 1 aromatic rings. The summed E-state index contributed by atoms with van der Waals surface area (Å²) >= 11 is 0. The number of hydrogen-bond acceptors (Lipinski definition) is 3. The number of hydrogen-bond donors (Lipinski definition) is 2. The zero-order valence-electron chi connectivity index (χ0n) is 10.5. The number of nitrogens with zero attached hydrogens (tertiary/aromatic N) is 1. The Hall–Kier alpha value is -1.11. The summed E-state index contributed by atoms with van der Waals surface area (Å²) in [5.74, 6) is -3.83. The lowest BCUT2D eigenvalue weighted by Crippen LogP contribution is -2.45. The van der Waals surface area contributed by atoms with Crippen LogP contribution in [0.2, 0.25) is 0 Å². The highest BCUT2D eigenvalue weighted by molar-refractivity contribution is 5.23. The van der Waals surface area contributed by atoms with Crippen molar-refractivity contribution in [2.75, 3.05) is 32.8 Å². The number of nitrogens with one attached hydrogen (secondary N) is 1. The van der Waals surface area contributed by atoms with E-state index in [4.69, 9.17) is 5.11 Å². The quantitative estimate of drug-likeness (QED) is 0.815. The average molecular weight is 274 g/mol. The van der Waals surface area contributed by atoms with Crippen LogP contribution in [-0.2, 0) is 0 Å². The molecule has 0 spiro atoms. The minimum absolute atomic E-state index is 0.0881. The minimum atomic E-state index is -1.45. The monoisotopic (exact) mass is 274 g/mol. The second-order valence-corrected chi connectivity index (χ2v) is 4.61. The van der Waals surface area contributed by atoms with Crippen molar-refractivity contribution in [3.8, 4) is 0 Å². The second kappa shape index (κ2) is 6.36. The van der Waals surface area contributed by atoms with Gasteiger partial charge in [-0.1, -0.05) is 0 Å². The molecule has 1 aromatic carbocycles. The van der Waals surface area contributed by atoms with E-state index in [0.29, 0.717) is 12.0 Å². The highest BCUT2D eigenvalue weighted by Gasteiger charge is 2.24. The molecule has 0 aliphatic carbocycles. The van der Waals surface area contributed by atoms with Gasteiger partial charge in [-0.05, 0) is 24.1 Å². The van der Waals surface area contributed by atoms with E-state index in [1.807, 2.05) is 4.90 Å². The molecule has 0 bridgehead atoms. The van der Waals surface area contributed by atoms with E-state index >= 15 is 0 Å². The Balaban J connectivity index is 2.27. The molecule has 1 aliphatic rings. The maximum absolute atomic E-state index is 13.3. The summed E-state index contributed by atoms with van der Waals surface area (Å²) < 4.78 is 39.6. The first-order chi connectivity index (χ1) is 9.13. The molecule has 3 nitrogen and oxygen atoms in total. The second-order valence-electron chi connectivity index (χ2n) is 4.61. The van der Waals surface area contributed by atoms with Gasteiger partial charge in [0.05, 0.1) is 0 Å². The van der Waals surface area contributed by atoms with Crippen LogP contribution >= 0.6 is 0 Å². The Morgan fingerprint density at radius 3 is 2.26 bits per heavy atom. The minimum Gasteiger partial charge on any atom is -0.396 e. The average Bonchev–Trinajstić information content (AvgIpc) is 2.42. The van der Waals surface area contributed by atoms with Gasteiger partial charge in [-0.2, -0.15) is 0 Å². The fraction of sp³-hybridized carbons (Fsp3) is 0.538. The lowest BCUT2D eigenvalue weighted by atomic mass is 10.0. The van der Waals surface area contributed by atoms with E-state index in [1.54, 1.807) is 0 Å². The van der Waals surface area contributed by atoms with E-state index in [0.717, 1.165) is 38.3 Å². The van der Waals surface area contributed by atoms with Crippen molar-refractivity contribution in [2.24, 2.45) is 0 Å². The van der Waals surface area contributed by atoms with Crippen molar-refractivity contribution < 1.29 is 18.3 Å². The Morgan fingerprint density at radius 1 is 1.16 bits per heavy atom. The zero-order valence-corrected chi connectivity index (χ0v) is 10.5. The van der Waals surface area contributed by atoms with Crippen LogP contribution in [0.1, 0.15) is 18.0 Å². The van der Waals surface area contributed by atoms with E-state index in [1.165, 1.54) is 0 Å². The lowest BCUT2D eigenvalue weighted by Gasteiger charge is -2.35. The third-order valence-electron chi connectivity index (χ3n) is 3.39. The van der Waals surface area contributed by atoms with Gasteiger partial charge >= 0.3 is 0 Å². The Labute approximate surface area is 110 Å². The van der Waals surface area contributed by atoms with Gasteiger partial charge in [-0.15, -0.1) is 0 Å². The van der Waals surface area contributed by atoms with Crippen LogP contribution in [0.4, 0.5) is 13.2 Å². The third kappa shape index (κ3) is 3.26. The summed E-state index contributed by atoms with van der Waals surface area (Å²) in [5, 5.41) is 12.3. The summed E-state index contributed by atoms with van der Waals surface area (Å²) in [7, 11) is 0. The Kier molecular flexibility index (Phi) is 4.79.